The number of rotatable bonds is 23. The Bertz CT molecular complexity index is 288. The molecule has 0 aliphatic carbocycles. The number of hydrogen-bond acceptors (Lipinski definition) is 1. The van der Waals surface area contributed by atoms with Crippen LogP contribution in [0.3, 0.4) is 0 Å². The smallest absolute Gasteiger partial charge is 0.0441 e. The number of unbranched alkanes of at least 4 members (excludes halogenated alkanes) is 19. The van der Waals surface area contributed by atoms with E-state index >= 15 is 0 Å². The standard InChI is InChI=1S/C27H55Cl.H3N/c1-4-7-8-9-10-11-12-13-14-15-16-17-18-19-20-21-22-23-24-25-26-27(28,5-2)6-3;/h4-26H2,1-3H3;1H3. The number of hydrogen-bond donors (Lipinski definition) is 1. The summed E-state index contributed by atoms with van der Waals surface area (Å²) in [5, 5.41) is 0. The minimum atomic E-state index is 0. The summed E-state index contributed by atoms with van der Waals surface area (Å²) in [6.07, 6.45) is 32.4. The molecule has 0 aromatic carbocycles. The van der Waals surface area contributed by atoms with Crippen molar-refractivity contribution in [1.82, 2.24) is 6.15 Å². The van der Waals surface area contributed by atoms with E-state index in [1.165, 1.54) is 135 Å². The molecule has 29 heavy (non-hydrogen) atoms. The highest BCUT2D eigenvalue weighted by molar-refractivity contribution is 6.23. The summed E-state index contributed by atoms with van der Waals surface area (Å²) in [6, 6.07) is 0. The van der Waals surface area contributed by atoms with Gasteiger partial charge in [-0.05, 0) is 19.3 Å². The van der Waals surface area contributed by atoms with Crippen LogP contribution in [0.25, 0.3) is 0 Å². The monoisotopic (exact) mass is 431 g/mol. The van der Waals surface area contributed by atoms with Gasteiger partial charge in [0.1, 0.15) is 0 Å². The summed E-state index contributed by atoms with van der Waals surface area (Å²) in [7, 11) is 0. The average molecular weight is 432 g/mol. The van der Waals surface area contributed by atoms with Crippen molar-refractivity contribution in [1.29, 1.82) is 0 Å². The molecule has 3 N–H and O–H groups in total. The molecule has 0 aliphatic heterocycles. The van der Waals surface area contributed by atoms with E-state index in [0.717, 1.165) is 12.8 Å². The van der Waals surface area contributed by atoms with Crippen molar-refractivity contribution in [3.8, 4) is 0 Å². The Kier molecular flexibility index (Phi) is 26.6. The van der Waals surface area contributed by atoms with Gasteiger partial charge in [-0.2, -0.15) is 0 Å². The van der Waals surface area contributed by atoms with E-state index in [0.29, 0.717) is 0 Å². The van der Waals surface area contributed by atoms with Gasteiger partial charge in [0.2, 0.25) is 0 Å². The zero-order valence-electron chi connectivity index (χ0n) is 20.8. The highest BCUT2D eigenvalue weighted by atomic mass is 35.5. The molecule has 2 heteroatoms. The Morgan fingerprint density at radius 2 is 0.655 bits per heavy atom. The molecule has 0 aliphatic rings. The average Bonchev–Trinajstić information content (AvgIpc) is 2.72. The molecule has 0 saturated carbocycles. The van der Waals surface area contributed by atoms with Crippen molar-refractivity contribution in [2.45, 2.75) is 173 Å². The van der Waals surface area contributed by atoms with Crippen molar-refractivity contribution in [2.75, 3.05) is 0 Å². The molecule has 0 aromatic rings. The van der Waals surface area contributed by atoms with Crippen LogP contribution in [-0.2, 0) is 0 Å². The van der Waals surface area contributed by atoms with Crippen LogP contribution in [0.5, 0.6) is 0 Å². The van der Waals surface area contributed by atoms with E-state index in [2.05, 4.69) is 20.8 Å². The minimum absolute atomic E-state index is 0. The number of halogens is 1. The van der Waals surface area contributed by atoms with Crippen molar-refractivity contribution >= 4 is 11.6 Å². The van der Waals surface area contributed by atoms with Crippen LogP contribution >= 0.6 is 11.6 Å². The van der Waals surface area contributed by atoms with Gasteiger partial charge in [0, 0.05) is 4.87 Å². The molecule has 1 nitrogen and oxygen atoms in total. The van der Waals surface area contributed by atoms with Crippen LogP contribution in [0.1, 0.15) is 168 Å². The zero-order valence-corrected chi connectivity index (χ0v) is 21.6. The third-order valence-electron chi connectivity index (χ3n) is 6.75. The van der Waals surface area contributed by atoms with Gasteiger partial charge in [-0.15, -0.1) is 11.6 Å². The maximum atomic E-state index is 6.59. The first-order chi connectivity index (χ1) is 13.7. The fourth-order valence-electron chi connectivity index (χ4n) is 4.30. The van der Waals surface area contributed by atoms with Crippen molar-refractivity contribution in [3.05, 3.63) is 0 Å². The molecule has 0 aromatic heterocycles. The van der Waals surface area contributed by atoms with E-state index in [4.69, 9.17) is 11.6 Å². The lowest BCUT2D eigenvalue weighted by atomic mass is 9.94. The number of alkyl halides is 1. The maximum absolute atomic E-state index is 6.59. The molecule has 0 saturated heterocycles. The summed E-state index contributed by atoms with van der Waals surface area (Å²) < 4.78 is 0. The zero-order chi connectivity index (χ0) is 20.8. The third kappa shape index (κ3) is 22.8. The normalized spacial score (nSPS) is 11.6. The second-order valence-electron chi connectivity index (χ2n) is 9.33. The largest absolute Gasteiger partial charge is 0.344 e. The highest BCUT2D eigenvalue weighted by Gasteiger charge is 2.21. The molecule has 0 rings (SSSR count). The lowest BCUT2D eigenvalue weighted by molar-refractivity contribution is 0.457. The Labute approximate surface area is 191 Å². The molecule has 0 atom stereocenters. The molecule has 0 fully saturated rings. The minimum Gasteiger partial charge on any atom is -0.344 e. The molecule has 0 bridgehead atoms. The quantitative estimate of drug-likeness (QED) is 0.126. The predicted molar refractivity (Wildman–Crippen MR) is 137 cm³/mol. The van der Waals surface area contributed by atoms with E-state index in [9.17, 15) is 0 Å². The van der Waals surface area contributed by atoms with E-state index in [1.54, 1.807) is 0 Å². The lowest BCUT2D eigenvalue weighted by Crippen LogP contribution is -2.18. The Balaban J connectivity index is 0. The van der Waals surface area contributed by atoms with Crippen LogP contribution in [-0.4, -0.2) is 4.87 Å². The van der Waals surface area contributed by atoms with Gasteiger partial charge >= 0.3 is 0 Å². The molecule has 0 radical (unpaired) electrons. The van der Waals surface area contributed by atoms with Crippen molar-refractivity contribution in [3.63, 3.8) is 0 Å². The first kappa shape index (κ1) is 31.4. The van der Waals surface area contributed by atoms with Gasteiger partial charge in [0.05, 0.1) is 0 Å². The Hall–Kier alpha value is 0.250. The fourth-order valence-corrected chi connectivity index (χ4v) is 4.43. The SMILES string of the molecule is CCCCCCCCCCCCCCCCCCCCCCC(Cl)(CC)CC.N. The second kappa shape index (κ2) is 24.5. The Morgan fingerprint density at radius 1 is 0.414 bits per heavy atom. The van der Waals surface area contributed by atoms with Crippen LogP contribution in [0.4, 0.5) is 0 Å². The maximum Gasteiger partial charge on any atom is 0.0441 e. The van der Waals surface area contributed by atoms with E-state index in [1.807, 2.05) is 0 Å². The molecule has 0 spiro atoms. The summed E-state index contributed by atoms with van der Waals surface area (Å²) in [4.78, 5) is 0.0915. The highest BCUT2D eigenvalue weighted by Crippen LogP contribution is 2.30. The van der Waals surface area contributed by atoms with Crippen LogP contribution in [0, 0.1) is 0 Å². The third-order valence-corrected chi connectivity index (χ3v) is 7.47. The van der Waals surface area contributed by atoms with Gasteiger partial charge in [-0.25, -0.2) is 0 Å². The van der Waals surface area contributed by atoms with Gasteiger partial charge in [-0.3, -0.25) is 0 Å². The summed E-state index contributed by atoms with van der Waals surface area (Å²) in [5.41, 5.74) is 0. The van der Waals surface area contributed by atoms with E-state index < -0.39 is 0 Å². The first-order valence-corrected chi connectivity index (χ1v) is 13.7. The van der Waals surface area contributed by atoms with Crippen LogP contribution < -0.4 is 6.15 Å². The van der Waals surface area contributed by atoms with Crippen LogP contribution in [0.15, 0.2) is 0 Å². The fraction of sp³-hybridized carbons (Fsp3) is 1.00. The summed E-state index contributed by atoms with van der Waals surface area (Å²) >= 11 is 6.59. The van der Waals surface area contributed by atoms with Crippen molar-refractivity contribution < 1.29 is 0 Å². The first-order valence-electron chi connectivity index (χ1n) is 13.4. The topological polar surface area (TPSA) is 35.0 Å². The van der Waals surface area contributed by atoms with Gasteiger partial charge in [0.25, 0.3) is 0 Å². The Morgan fingerprint density at radius 3 is 0.897 bits per heavy atom. The summed E-state index contributed by atoms with van der Waals surface area (Å²) in [5.74, 6) is 0. The molecular weight excluding hydrogens is 374 g/mol. The van der Waals surface area contributed by atoms with Gasteiger partial charge < -0.3 is 6.15 Å². The second-order valence-corrected chi connectivity index (χ2v) is 10.1. The molecule has 0 heterocycles. The van der Waals surface area contributed by atoms with E-state index in [-0.39, 0.29) is 11.0 Å². The molecule has 0 unspecified atom stereocenters. The predicted octanol–water partition coefficient (Wildman–Crippen LogP) is 11.2. The molecule has 0 amide bonds. The van der Waals surface area contributed by atoms with Crippen LogP contribution in [0.2, 0.25) is 0 Å². The molecule has 178 valence electrons. The summed E-state index contributed by atoms with van der Waals surface area (Å²) in [6.45, 7) is 6.76. The van der Waals surface area contributed by atoms with Gasteiger partial charge in [-0.1, -0.05) is 149 Å². The lowest BCUT2D eigenvalue weighted by Gasteiger charge is -2.23. The van der Waals surface area contributed by atoms with Gasteiger partial charge in [0.15, 0.2) is 0 Å². The van der Waals surface area contributed by atoms with Crippen molar-refractivity contribution in [2.24, 2.45) is 0 Å². The molecular formula is C27H58ClN.